The van der Waals surface area contributed by atoms with Gasteiger partial charge in [-0.25, -0.2) is 0 Å². The summed E-state index contributed by atoms with van der Waals surface area (Å²) in [6, 6.07) is 13.7. The van der Waals surface area contributed by atoms with Gasteiger partial charge >= 0.3 is 0 Å². The average molecular weight is 306 g/mol. The molecule has 0 bridgehead atoms. The van der Waals surface area contributed by atoms with Gasteiger partial charge in [-0.05, 0) is 49.2 Å². The van der Waals surface area contributed by atoms with E-state index in [1.807, 2.05) is 12.1 Å². The third-order valence-electron chi connectivity index (χ3n) is 2.95. The molecule has 2 rings (SSSR count). The molecule has 18 heavy (non-hydrogen) atoms. The van der Waals surface area contributed by atoms with Crippen molar-refractivity contribution in [3.05, 3.63) is 58.1 Å². The molecule has 0 aliphatic heterocycles. The number of benzene rings is 2. The fourth-order valence-electron chi connectivity index (χ4n) is 1.78. The van der Waals surface area contributed by atoms with E-state index in [0.717, 1.165) is 15.7 Å². The average Bonchev–Trinajstić information content (AvgIpc) is 2.34. The Balaban J connectivity index is 2.13. The van der Waals surface area contributed by atoms with Crippen molar-refractivity contribution in [2.24, 2.45) is 0 Å². The van der Waals surface area contributed by atoms with Crippen molar-refractivity contribution in [2.75, 3.05) is 5.32 Å². The van der Waals surface area contributed by atoms with E-state index in [9.17, 15) is 5.11 Å². The molecule has 0 amide bonds. The first-order chi connectivity index (χ1) is 8.56. The zero-order valence-electron chi connectivity index (χ0n) is 10.4. The van der Waals surface area contributed by atoms with Crippen LogP contribution in [0.4, 0.5) is 5.69 Å². The molecule has 0 saturated carbocycles. The van der Waals surface area contributed by atoms with Crippen LogP contribution in [0.15, 0.2) is 46.9 Å². The summed E-state index contributed by atoms with van der Waals surface area (Å²) in [5.74, 6) is 0.295. The number of phenolic OH excluding ortho intramolecular Hbond substituents is 1. The van der Waals surface area contributed by atoms with Crippen LogP contribution < -0.4 is 5.32 Å². The van der Waals surface area contributed by atoms with Gasteiger partial charge in [0.1, 0.15) is 5.75 Å². The lowest BCUT2D eigenvalue weighted by Crippen LogP contribution is -2.06. The van der Waals surface area contributed by atoms with E-state index in [1.165, 1.54) is 5.56 Å². The predicted octanol–water partition coefficient (Wildman–Crippen LogP) is 4.64. The van der Waals surface area contributed by atoms with Crippen LogP contribution in [0.3, 0.4) is 0 Å². The Bertz CT molecular complexity index is 537. The van der Waals surface area contributed by atoms with Gasteiger partial charge in [0.05, 0.1) is 0 Å². The number of aryl methyl sites for hydroxylation is 1. The highest BCUT2D eigenvalue weighted by molar-refractivity contribution is 9.10. The Morgan fingerprint density at radius 2 is 1.78 bits per heavy atom. The van der Waals surface area contributed by atoms with Gasteiger partial charge in [0.2, 0.25) is 0 Å². The highest BCUT2D eigenvalue weighted by Crippen LogP contribution is 2.25. The Kier molecular flexibility index (Phi) is 3.92. The maximum Gasteiger partial charge on any atom is 0.115 e. The van der Waals surface area contributed by atoms with Crippen LogP contribution in [0, 0.1) is 6.92 Å². The Morgan fingerprint density at radius 1 is 1.11 bits per heavy atom. The van der Waals surface area contributed by atoms with Gasteiger partial charge in [-0.3, -0.25) is 0 Å². The van der Waals surface area contributed by atoms with Crippen molar-refractivity contribution in [2.45, 2.75) is 19.9 Å². The molecule has 1 atom stereocenters. The molecule has 2 aromatic carbocycles. The number of nitrogens with one attached hydrogen (secondary N) is 1. The highest BCUT2D eigenvalue weighted by atomic mass is 79.9. The SMILES string of the molecule is Cc1ccc(NC(C)c2ccc(O)cc2)cc1Br. The number of aromatic hydroxyl groups is 1. The summed E-state index contributed by atoms with van der Waals surface area (Å²) in [4.78, 5) is 0. The van der Waals surface area contributed by atoms with Crippen LogP contribution in [-0.4, -0.2) is 5.11 Å². The van der Waals surface area contributed by atoms with Gasteiger partial charge in [-0.2, -0.15) is 0 Å². The van der Waals surface area contributed by atoms with Crippen LogP contribution in [-0.2, 0) is 0 Å². The second kappa shape index (κ2) is 5.44. The zero-order chi connectivity index (χ0) is 13.1. The summed E-state index contributed by atoms with van der Waals surface area (Å²) in [6.45, 7) is 4.16. The maximum atomic E-state index is 9.27. The Morgan fingerprint density at radius 3 is 2.39 bits per heavy atom. The molecule has 1 unspecified atom stereocenters. The third kappa shape index (κ3) is 3.05. The lowest BCUT2D eigenvalue weighted by molar-refractivity contribution is 0.475. The molecule has 0 aromatic heterocycles. The summed E-state index contributed by atoms with van der Waals surface area (Å²) in [7, 11) is 0. The van der Waals surface area contributed by atoms with Crippen molar-refractivity contribution in [1.29, 1.82) is 0 Å². The number of rotatable bonds is 3. The topological polar surface area (TPSA) is 32.3 Å². The van der Waals surface area contributed by atoms with Gasteiger partial charge in [-0.15, -0.1) is 0 Å². The van der Waals surface area contributed by atoms with E-state index in [-0.39, 0.29) is 6.04 Å². The van der Waals surface area contributed by atoms with Gasteiger partial charge in [0, 0.05) is 16.2 Å². The Hall–Kier alpha value is -1.48. The van der Waals surface area contributed by atoms with Gasteiger partial charge < -0.3 is 10.4 Å². The van der Waals surface area contributed by atoms with Gasteiger partial charge in [0.15, 0.2) is 0 Å². The zero-order valence-corrected chi connectivity index (χ0v) is 12.0. The van der Waals surface area contributed by atoms with Crippen molar-refractivity contribution >= 4 is 21.6 Å². The number of phenols is 1. The molecule has 0 aliphatic rings. The van der Waals surface area contributed by atoms with Crippen LogP contribution in [0.2, 0.25) is 0 Å². The minimum Gasteiger partial charge on any atom is -0.508 e. The van der Waals surface area contributed by atoms with E-state index in [0.29, 0.717) is 5.75 Å². The quantitative estimate of drug-likeness (QED) is 0.866. The number of halogens is 1. The summed E-state index contributed by atoms with van der Waals surface area (Å²) in [6.07, 6.45) is 0. The summed E-state index contributed by atoms with van der Waals surface area (Å²) in [5, 5.41) is 12.7. The smallest absolute Gasteiger partial charge is 0.115 e. The van der Waals surface area contributed by atoms with E-state index in [1.54, 1.807) is 12.1 Å². The number of hydrogen-bond acceptors (Lipinski definition) is 2. The van der Waals surface area contributed by atoms with Crippen LogP contribution in [0.1, 0.15) is 24.1 Å². The lowest BCUT2D eigenvalue weighted by Gasteiger charge is -2.16. The molecule has 3 heteroatoms. The molecule has 0 aliphatic carbocycles. The van der Waals surface area contributed by atoms with Crippen molar-refractivity contribution in [1.82, 2.24) is 0 Å². The van der Waals surface area contributed by atoms with E-state index >= 15 is 0 Å². The molecular formula is C15H16BrNO. The van der Waals surface area contributed by atoms with E-state index in [4.69, 9.17) is 0 Å². The molecular weight excluding hydrogens is 290 g/mol. The molecule has 2 N–H and O–H groups in total. The molecule has 0 radical (unpaired) electrons. The summed E-state index contributed by atoms with van der Waals surface area (Å²) < 4.78 is 1.10. The second-order valence-corrected chi connectivity index (χ2v) is 5.28. The third-order valence-corrected chi connectivity index (χ3v) is 3.80. The second-order valence-electron chi connectivity index (χ2n) is 4.42. The van der Waals surface area contributed by atoms with Gasteiger partial charge in [0.25, 0.3) is 0 Å². The van der Waals surface area contributed by atoms with Crippen molar-refractivity contribution in [3.63, 3.8) is 0 Å². The predicted molar refractivity (Wildman–Crippen MR) is 79.0 cm³/mol. The minimum absolute atomic E-state index is 0.195. The van der Waals surface area contributed by atoms with Gasteiger partial charge in [-0.1, -0.05) is 34.1 Å². The number of hydrogen-bond donors (Lipinski definition) is 2. The van der Waals surface area contributed by atoms with E-state index < -0.39 is 0 Å². The normalized spacial score (nSPS) is 12.2. The molecule has 2 nitrogen and oxygen atoms in total. The van der Waals surface area contributed by atoms with Crippen LogP contribution >= 0.6 is 15.9 Å². The standard InChI is InChI=1S/C15H16BrNO/c1-10-3-6-13(9-15(10)16)17-11(2)12-4-7-14(18)8-5-12/h3-9,11,17-18H,1-2H3. The molecule has 2 aromatic rings. The summed E-state index contributed by atoms with van der Waals surface area (Å²) >= 11 is 3.53. The molecule has 0 saturated heterocycles. The fourth-order valence-corrected chi connectivity index (χ4v) is 2.16. The Labute approximate surface area is 116 Å². The molecule has 0 heterocycles. The van der Waals surface area contributed by atoms with Crippen molar-refractivity contribution < 1.29 is 5.11 Å². The molecule has 94 valence electrons. The van der Waals surface area contributed by atoms with E-state index in [2.05, 4.69) is 53.3 Å². The molecule has 0 fully saturated rings. The minimum atomic E-state index is 0.195. The van der Waals surface area contributed by atoms with Crippen LogP contribution in [0.5, 0.6) is 5.75 Å². The monoisotopic (exact) mass is 305 g/mol. The maximum absolute atomic E-state index is 9.27. The lowest BCUT2D eigenvalue weighted by atomic mass is 10.1. The summed E-state index contributed by atoms with van der Waals surface area (Å²) in [5.41, 5.74) is 3.44. The first kappa shape index (κ1) is 13.0. The van der Waals surface area contributed by atoms with Crippen molar-refractivity contribution in [3.8, 4) is 5.75 Å². The van der Waals surface area contributed by atoms with Crippen LogP contribution in [0.25, 0.3) is 0 Å². The molecule has 0 spiro atoms. The fraction of sp³-hybridized carbons (Fsp3) is 0.200. The number of anilines is 1. The largest absolute Gasteiger partial charge is 0.508 e. The highest BCUT2D eigenvalue weighted by Gasteiger charge is 2.06. The first-order valence-corrected chi connectivity index (χ1v) is 6.67. The first-order valence-electron chi connectivity index (χ1n) is 5.88.